The lowest BCUT2D eigenvalue weighted by molar-refractivity contribution is 0.566. The first-order valence-electron chi connectivity index (χ1n) is 4.80. The molecule has 0 nitrogen and oxygen atoms in total. The first-order chi connectivity index (χ1) is 6.35. The molecule has 0 saturated carbocycles. The second-order valence-electron chi connectivity index (χ2n) is 3.18. The Morgan fingerprint density at radius 2 is 1.85 bits per heavy atom. The van der Waals surface area contributed by atoms with Gasteiger partial charge < -0.3 is 0 Å². The monoisotopic (exact) mass is 235 g/mol. The fourth-order valence-corrected chi connectivity index (χ4v) is 3.38. The van der Waals surface area contributed by atoms with Gasteiger partial charge in [-0.25, -0.2) is 23.2 Å². The second-order valence-corrected chi connectivity index (χ2v) is 6.10. The Kier molecular flexibility index (Phi) is 12.2. The molecular formula is C9H20BS3. The molecule has 0 aromatic carbocycles. The molecule has 1 rings (SSSR count). The summed E-state index contributed by atoms with van der Waals surface area (Å²) in [6, 6.07) is 0. The fraction of sp³-hybridized carbons (Fsp3) is 1.00. The second kappa shape index (κ2) is 11.2. The molecule has 1 aliphatic heterocycles. The van der Waals surface area contributed by atoms with Crippen LogP contribution in [0.5, 0.6) is 0 Å². The largest absolute Gasteiger partial charge is 0.267 e. The molecule has 1 heterocycles. The smallest absolute Gasteiger partial charge is 0.202 e. The van der Waals surface area contributed by atoms with E-state index in [9.17, 15) is 0 Å². The molecule has 0 spiro atoms. The standard InChI is InChI=1S/C7H14BS2.C2H6S/c1-2-3-4-7-5-9-8-10-6-7;1-3-2/h7H,2-6H2,1H3;1-2H3. The quantitative estimate of drug-likeness (QED) is 0.683. The van der Waals surface area contributed by atoms with Gasteiger partial charge in [-0.05, 0) is 36.4 Å². The van der Waals surface area contributed by atoms with E-state index in [0.29, 0.717) is 0 Å². The number of unbranched alkanes of at least 4 members (excludes halogenated alkanes) is 1. The minimum Gasteiger partial charge on any atom is -0.202 e. The summed E-state index contributed by atoms with van der Waals surface area (Å²) in [4.78, 5) is 0. The third kappa shape index (κ3) is 9.42. The van der Waals surface area contributed by atoms with Crippen molar-refractivity contribution >= 4 is 40.8 Å². The molecule has 77 valence electrons. The Hall–Kier alpha value is 1.11. The van der Waals surface area contributed by atoms with E-state index in [-0.39, 0.29) is 0 Å². The number of rotatable bonds is 3. The van der Waals surface area contributed by atoms with Crippen molar-refractivity contribution in [2.45, 2.75) is 26.2 Å². The van der Waals surface area contributed by atoms with Crippen LogP contribution in [-0.4, -0.2) is 29.9 Å². The maximum atomic E-state index is 2.28. The minimum atomic E-state index is 1.000. The summed E-state index contributed by atoms with van der Waals surface area (Å²) >= 11 is 5.73. The van der Waals surface area contributed by atoms with Crippen LogP contribution in [0.25, 0.3) is 0 Å². The highest BCUT2D eigenvalue weighted by Gasteiger charge is 2.13. The van der Waals surface area contributed by atoms with Gasteiger partial charge in [-0.3, -0.25) is 0 Å². The molecule has 0 aliphatic carbocycles. The number of hydrogen-bond acceptors (Lipinski definition) is 3. The summed E-state index contributed by atoms with van der Waals surface area (Å²) in [5.41, 5.74) is 0. The molecule has 0 aromatic heterocycles. The van der Waals surface area contributed by atoms with Gasteiger partial charge in [-0.15, -0.1) is 0 Å². The van der Waals surface area contributed by atoms with Crippen molar-refractivity contribution < 1.29 is 0 Å². The lowest BCUT2D eigenvalue weighted by atomic mass is 10.1. The van der Waals surface area contributed by atoms with Crippen molar-refractivity contribution in [3.63, 3.8) is 0 Å². The van der Waals surface area contributed by atoms with Crippen LogP contribution in [-0.2, 0) is 0 Å². The van der Waals surface area contributed by atoms with E-state index >= 15 is 0 Å². The Morgan fingerprint density at radius 1 is 1.31 bits per heavy atom. The molecular weight excluding hydrogens is 215 g/mol. The minimum absolute atomic E-state index is 1.000. The third-order valence-electron chi connectivity index (χ3n) is 1.77. The van der Waals surface area contributed by atoms with Gasteiger partial charge in [-0.1, -0.05) is 19.8 Å². The van der Waals surface area contributed by atoms with E-state index in [0.717, 1.165) is 5.92 Å². The highest BCUT2D eigenvalue weighted by molar-refractivity contribution is 8.50. The van der Waals surface area contributed by atoms with Gasteiger partial charge in [0.2, 0.25) is 0 Å². The van der Waals surface area contributed by atoms with Crippen molar-refractivity contribution in [2.75, 3.05) is 24.0 Å². The zero-order valence-electron chi connectivity index (χ0n) is 8.91. The van der Waals surface area contributed by atoms with Crippen LogP contribution in [0.3, 0.4) is 0 Å². The van der Waals surface area contributed by atoms with Crippen molar-refractivity contribution in [2.24, 2.45) is 5.92 Å². The fourth-order valence-electron chi connectivity index (χ4n) is 1.11. The predicted octanol–water partition coefficient (Wildman–Crippen LogP) is 3.79. The summed E-state index contributed by atoms with van der Waals surface area (Å²) in [6.07, 6.45) is 8.31. The van der Waals surface area contributed by atoms with E-state index in [4.69, 9.17) is 0 Å². The molecule has 13 heavy (non-hydrogen) atoms. The van der Waals surface area contributed by atoms with Crippen molar-refractivity contribution in [1.29, 1.82) is 0 Å². The molecule has 0 bridgehead atoms. The first-order valence-corrected chi connectivity index (χ1v) is 8.53. The zero-order valence-corrected chi connectivity index (χ0v) is 11.4. The van der Waals surface area contributed by atoms with Crippen LogP contribution >= 0.6 is 35.0 Å². The van der Waals surface area contributed by atoms with Crippen LogP contribution in [0.1, 0.15) is 26.2 Å². The summed E-state index contributed by atoms with van der Waals surface area (Å²) < 4.78 is 0. The van der Waals surface area contributed by atoms with Gasteiger partial charge in [0, 0.05) is 0 Å². The number of hydrogen-bond donors (Lipinski definition) is 0. The highest BCUT2D eigenvalue weighted by atomic mass is 32.2. The molecule has 0 N–H and O–H groups in total. The molecule has 1 saturated heterocycles. The molecule has 0 unspecified atom stereocenters. The summed E-state index contributed by atoms with van der Waals surface area (Å²) in [5, 5.41) is 0. The Morgan fingerprint density at radius 3 is 2.31 bits per heavy atom. The zero-order chi connectivity index (χ0) is 9.94. The van der Waals surface area contributed by atoms with Gasteiger partial charge in [0.15, 0.2) is 0 Å². The predicted molar refractivity (Wildman–Crippen MR) is 73.1 cm³/mol. The Balaban J connectivity index is 0.000000424. The maximum absolute atomic E-state index is 2.28. The van der Waals surface area contributed by atoms with Gasteiger partial charge in [-0.2, -0.15) is 11.8 Å². The van der Waals surface area contributed by atoms with Crippen LogP contribution in [0.2, 0.25) is 0 Å². The molecule has 0 amide bonds. The molecule has 1 fully saturated rings. The summed E-state index contributed by atoms with van der Waals surface area (Å²) in [7, 11) is 0. The maximum Gasteiger partial charge on any atom is 0.267 e. The van der Waals surface area contributed by atoms with E-state index < -0.39 is 0 Å². The van der Waals surface area contributed by atoms with Crippen molar-refractivity contribution in [3.05, 3.63) is 0 Å². The van der Waals surface area contributed by atoms with Gasteiger partial charge in [0.05, 0.1) is 0 Å². The highest BCUT2D eigenvalue weighted by Crippen LogP contribution is 2.26. The van der Waals surface area contributed by atoms with Crippen LogP contribution in [0.4, 0.5) is 0 Å². The van der Waals surface area contributed by atoms with Crippen molar-refractivity contribution in [1.82, 2.24) is 0 Å². The first kappa shape index (κ1) is 14.1. The van der Waals surface area contributed by atoms with Crippen LogP contribution in [0, 0.1) is 5.92 Å². The SMILES string of the molecule is CCCCC1CS[B]SC1.CSC. The lowest BCUT2D eigenvalue weighted by Gasteiger charge is -2.19. The van der Waals surface area contributed by atoms with Crippen LogP contribution in [0.15, 0.2) is 0 Å². The van der Waals surface area contributed by atoms with Crippen LogP contribution < -0.4 is 0 Å². The molecule has 0 aromatic rings. The van der Waals surface area contributed by atoms with E-state index in [1.807, 2.05) is 35.7 Å². The lowest BCUT2D eigenvalue weighted by Crippen LogP contribution is -2.12. The normalized spacial score (nSPS) is 17.2. The third-order valence-corrected chi connectivity index (χ3v) is 4.18. The average Bonchev–Trinajstić information content (AvgIpc) is 2.18. The van der Waals surface area contributed by atoms with Gasteiger partial charge >= 0.3 is 0 Å². The molecule has 1 radical (unpaired) electrons. The molecule has 0 atom stereocenters. The van der Waals surface area contributed by atoms with E-state index in [1.54, 1.807) is 11.8 Å². The summed E-state index contributed by atoms with van der Waals surface area (Å²) in [6.45, 7) is 2.27. The Bertz CT molecular complexity index is 94.9. The molecule has 4 heteroatoms. The Labute approximate surface area is 96.8 Å². The van der Waals surface area contributed by atoms with Crippen molar-refractivity contribution in [3.8, 4) is 0 Å². The van der Waals surface area contributed by atoms with E-state index in [2.05, 4.69) is 12.8 Å². The topological polar surface area (TPSA) is 0 Å². The average molecular weight is 235 g/mol. The number of thioether (sulfide) groups is 1. The van der Waals surface area contributed by atoms with E-state index in [1.165, 1.54) is 30.8 Å². The van der Waals surface area contributed by atoms with Gasteiger partial charge in [0.1, 0.15) is 0 Å². The molecule has 1 aliphatic rings. The van der Waals surface area contributed by atoms with Gasteiger partial charge in [0.25, 0.3) is 5.84 Å². The summed E-state index contributed by atoms with van der Waals surface area (Å²) in [5.74, 6) is 6.02.